The molecule has 5 heteroatoms. The number of rotatable bonds is 4. The molecule has 116 valence electrons. The molecule has 5 nitrogen and oxygen atoms in total. The van der Waals surface area contributed by atoms with Gasteiger partial charge in [0, 0.05) is 30.6 Å². The first-order chi connectivity index (χ1) is 10.6. The fourth-order valence-electron chi connectivity index (χ4n) is 3.02. The molecule has 2 aromatic rings. The molecule has 3 rings (SSSR count). The van der Waals surface area contributed by atoms with Crippen LogP contribution in [-0.2, 0) is 0 Å². The Balaban J connectivity index is 1.66. The van der Waals surface area contributed by atoms with E-state index in [4.69, 9.17) is 4.42 Å². The number of aromatic nitrogens is 1. The highest BCUT2D eigenvalue weighted by Gasteiger charge is 2.27. The Hall–Kier alpha value is -2.14. The second kappa shape index (κ2) is 6.32. The molecule has 0 radical (unpaired) electrons. The predicted molar refractivity (Wildman–Crippen MR) is 82.2 cm³/mol. The van der Waals surface area contributed by atoms with Crippen LogP contribution in [0.2, 0.25) is 0 Å². The number of aliphatic hydroxyl groups is 1. The van der Waals surface area contributed by atoms with Gasteiger partial charge in [0.25, 0.3) is 5.91 Å². The Morgan fingerprint density at radius 2 is 2.14 bits per heavy atom. The van der Waals surface area contributed by atoms with Crippen molar-refractivity contribution in [1.29, 1.82) is 0 Å². The average molecular weight is 300 g/mol. The lowest BCUT2D eigenvalue weighted by atomic mass is 10.0. The summed E-state index contributed by atoms with van der Waals surface area (Å²) in [6.07, 6.45) is 5.63. The third-order valence-electron chi connectivity index (χ3n) is 4.32. The number of amides is 1. The van der Waals surface area contributed by atoms with Crippen LogP contribution in [0.25, 0.3) is 11.3 Å². The van der Waals surface area contributed by atoms with E-state index in [0.717, 1.165) is 24.8 Å². The first-order valence-corrected chi connectivity index (χ1v) is 7.57. The highest BCUT2D eigenvalue weighted by Crippen LogP contribution is 2.26. The maximum absolute atomic E-state index is 12.4. The number of benzene rings is 1. The molecule has 22 heavy (non-hydrogen) atoms. The van der Waals surface area contributed by atoms with Crippen LogP contribution >= 0.6 is 0 Å². The number of carbonyl (C=O) groups excluding carboxylic acids is 1. The van der Waals surface area contributed by atoms with Crippen LogP contribution in [0.15, 0.2) is 41.3 Å². The quantitative estimate of drug-likeness (QED) is 0.942. The van der Waals surface area contributed by atoms with Crippen molar-refractivity contribution in [1.82, 2.24) is 9.88 Å². The zero-order valence-electron chi connectivity index (χ0n) is 12.6. The van der Waals surface area contributed by atoms with Crippen molar-refractivity contribution in [2.75, 3.05) is 13.6 Å². The van der Waals surface area contributed by atoms with Gasteiger partial charge in [-0.1, -0.05) is 18.6 Å². The van der Waals surface area contributed by atoms with Crippen molar-refractivity contribution in [3.8, 4) is 11.3 Å². The molecular weight excluding hydrogens is 280 g/mol. The van der Waals surface area contributed by atoms with E-state index < -0.39 is 0 Å². The van der Waals surface area contributed by atoms with Gasteiger partial charge in [-0.3, -0.25) is 4.79 Å². The first kappa shape index (κ1) is 14.8. The first-order valence-electron chi connectivity index (χ1n) is 7.57. The van der Waals surface area contributed by atoms with Gasteiger partial charge in [-0.2, -0.15) is 0 Å². The molecule has 0 bridgehead atoms. The summed E-state index contributed by atoms with van der Waals surface area (Å²) >= 11 is 0. The number of oxazole rings is 1. The highest BCUT2D eigenvalue weighted by atomic mass is 16.3. The zero-order valence-corrected chi connectivity index (χ0v) is 12.6. The Bertz CT molecular complexity index is 622. The number of nitrogens with zero attached hydrogens (tertiary/aromatic N) is 2. The summed E-state index contributed by atoms with van der Waals surface area (Å²) in [6, 6.07) is 7.29. The fraction of sp³-hybridized carbons (Fsp3) is 0.412. The number of hydrogen-bond donors (Lipinski definition) is 1. The molecule has 1 saturated carbocycles. The van der Waals surface area contributed by atoms with Gasteiger partial charge in [0.05, 0.1) is 12.3 Å². The van der Waals surface area contributed by atoms with Crippen LogP contribution < -0.4 is 0 Å². The highest BCUT2D eigenvalue weighted by molar-refractivity contribution is 5.94. The van der Waals surface area contributed by atoms with Gasteiger partial charge in [-0.15, -0.1) is 0 Å². The van der Waals surface area contributed by atoms with Gasteiger partial charge in [0.1, 0.15) is 0 Å². The van der Waals surface area contributed by atoms with Gasteiger partial charge in [-0.05, 0) is 25.0 Å². The molecule has 1 aliphatic carbocycles. The minimum Gasteiger partial charge on any atom is -0.444 e. The van der Waals surface area contributed by atoms with Crippen LogP contribution in [0.3, 0.4) is 0 Å². The topological polar surface area (TPSA) is 66.6 Å². The van der Waals surface area contributed by atoms with Gasteiger partial charge in [0.2, 0.25) is 0 Å². The summed E-state index contributed by atoms with van der Waals surface area (Å²) < 4.78 is 5.23. The van der Waals surface area contributed by atoms with Crippen LogP contribution in [0.4, 0.5) is 0 Å². The van der Waals surface area contributed by atoms with Gasteiger partial charge in [0.15, 0.2) is 12.2 Å². The second-order valence-corrected chi connectivity index (χ2v) is 5.89. The van der Waals surface area contributed by atoms with Crippen molar-refractivity contribution < 1.29 is 14.3 Å². The molecule has 0 saturated heterocycles. The fourth-order valence-corrected chi connectivity index (χ4v) is 3.02. The van der Waals surface area contributed by atoms with Crippen molar-refractivity contribution in [3.63, 3.8) is 0 Å². The van der Waals surface area contributed by atoms with E-state index in [1.165, 1.54) is 6.39 Å². The third-order valence-corrected chi connectivity index (χ3v) is 4.32. The Kier molecular flexibility index (Phi) is 4.24. The second-order valence-electron chi connectivity index (χ2n) is 5.89. The van der Waals surface area contributed by atoms with E-state index in [2.05, 4.69) is 4.98 Å². The van der Waals surface area contributed by atoms with Gasteiger partial charge < -0.3 is 14.4 Å². The molecule has 1 aromatic heterocycles. The van der Waals surface area contributed by atoms with Crippen LogP contribution in [0.1, 0.15) is 29.6 Å². The van der Waals surface area contributed by atoms with Gasteiger partial charge in [-0.25, -0.2) is 4.98 Å². The lowest BCUT2D eigenvalue weighted by molar-refractivity contribution is 0.0693. The Morgan fingerprint density at radius 1 is 1.36 bits per heavy atom. The summed E-state index contributed by atoms with van der Waals surface area (Å²) in [4.78, 5) is 18.0. The summed E-state index contributed by atoms with van der Waals surface area (Å²) in [5, 5.41) is 9.88. The van der Waals surface area contributed by atoms with Crippen molar-refractivity contribution in [2.45, 2.75) is 25.4 Å². The van der Waals surface area contributed by atoms with E-state index in [9.17, 15) is 9.90 Å². The standard InChI is InChI=1S/C17H20N2O3/c1-19(10-14-3-2-4-15(14)20)17(21)13-7-5-12(6-8-13)16-9-18-11-22-16/h5-9,11,14-15,20H,2-4,10H2,1H3. The predicted octanol–water partition coefficient (Wildman–Crippen LogP) is 2.57. The summed E-state index contributed by atoms with van der Waals surface area (Å²) in [6.45, 7) is 0.601. The SMILES string of the molecule is CN(CC1CCCC1O)C(=O)c1ccc(-c2cnco2)cc1. The number of carbonyl (C=O) groups is 1. The van der Waals surface area contributed by atoms with Crippen LogP contribution in [0.5, 0.6) is 0 Å². The molecule has 0 spiro atoms. The molecule has 1 fully saturated rings. The minimum absolute atomic E-state index is 0.0248. The maximum Gasteiger partial charge on any atom is 0.253 e. The van der Waals surface area contributed by atoms with Crippen LogP contribution in [-0.4, -0.2) is 40.6 Å². The van der Waals surface area contributed by atoms with E-state index in [0.29, 0.717) is 17.9 Å². The van der Waals surface area contributed by atoms with E-state index in [1.807, 2.05) is 12.1 Å². The molecule has 1 amide bonds. The molecular formula is C17H20N2O3. The van der Waals surface area contributed by atoms with Gasteiger partial charge >= 0.3 is 0 Å². The molecule has 2 unspecified atom stereocenters. The molecule has 1 aliphatic rings. The molecule has 2 atom stereocenters. The van der Waals surface area contributed by atoms with E-state index in [1.54, 1.807) is 30.3 Å². The smallest absolute Gasteiger partial charge is 0.253 e. The van der Waals surface area contributed by atoms with E-state index in [-0.39, 0.29) is 17.9 Å². The summed E-state index contributed by atoms with van der Waals surface area (Å²) in [5.41, 5.74) is 1.53. The largest absolute Gasteiger partial charge is 0.444 e. The Morgan fingerprint density at radius 3 is 2.73 bits per heavy atom. The van der Waals surface area contributed by atoms with Crippen molar-refractivity contribution in [2.24, 2.45) is 5.92 Å². The average Bonchev–Trinajstić information content (AvgIpc) is 3.19. The van der Waals surface area contributed by atoms with Crippen molar-refractivity contribution >= 4 is 5.91 Å². The van der Waals surface area contributed by atoms with Crippen molar-refractivity contribution in [3.05, 3.63) is 42.4 Å². The monoisotopic (exact) mass is 300 g/mol. The molecule has 1 N–H and O–H groups in total. The molecule has 1 heterocycles. The summed E-state index contributed by atoms with van der Waals surface area (Å²) in [5.74, 6) is 0.854. The third kappa shape index (κ3) is 3.04. The molecule has 1 aromatic carbocycles. The maximum atomic E-state index is 12.4. The normalized spacial score (nSPS) is 21.0. The number of aliphatic hydroxyl groups excluding tert-OH is 1. The van der Waals surface area contributed by atoms with Crippen LogP contribution in [0, 0.1) is 5.92 Å². The lowest BCUT2D eigenvalue weighted by Gasteiger charge is -2.23. The molecule has 0 aliphatic heterocycles. The lowest BCUT2D eigenvalue weighted by Crippen LogP contribution is -2.34. The number of hydrogen-bond acceptors (Lipinski definition) is 4. The Labute approximate surface area is 129 Å². The zero-order chi connectivity index (χ0) is 15.5. The minimum atomic E-state index is -0.274. The van der Waals surface area contributed by atoms with E-state index >= 15 is 0 Å². The summed E-state index contributed by atoms with van der Waals surface area (Å²) in [7, 11) is 1.79.